The summed E-state index contributed by atoms with van der Waals surface area (Å²) in [5.41, 5.74) is -0.300. The van der Waals surface area contributed by atoms with E-state index in [1.165, 1.54) is 0 Å². The van der Waals surface area contributed by atoms with Crippen LogP contribution in [0.5, 0.6) is 0 Å². The molecule has 0 atom stereocenters. The normalized spacial score (nSPS) is 27.6. The average molecular weight is 327 g/mol. The minimum atomic E-state index is -4.16. The zero-order chi connectivity index (χ0) is 15.0. The highest BCUT2D eigenvalue weighted by atomic mass is 35.5. The van der Waals surface area contributed by atoms with Gasteiger partial charge in [-0.05, 0) is 43.4 Å². The largest absolute Gasteiger partial charge is 0.391 e. The molecule has 0 bridgehead atoms. The smallest absolute Gasteiger partial charge is 0.390 e. The summed E-state index contributed by atoms with van der Waals surface area (Å²) in [5, 5.41) is 11.2. The molecule has 1 nitrogen and oxygen atoms in total. The highest BCUT2D eigenvalue weighted by molar-refractivity contribution is 6.42. The molecule has 1 fully saturated rings. The van der Waals surface area contributed by atoms with Gasteiger partial charge in [-0.15, -0.1) is 0 Å². The molecule has 0 aliphatic heterocycles. The van der Waals surface area contributed by atoms with Gasteiger partial charge in [-0.1, -0.05) is 29.3 Å². The molecule has 112 valence electrons. The van der Waals surface area contributed by atoms with Crippen LogP contribution in [0.1, 0.15) is 31.2 Å². The SMILES string of the molecule is OC1(Cc2ccc(Cl)c(Cl)c2)CCC(C(F)(F)F)CC1. The van der Waals surface area contributed by atoms with Crippen molar-refractivity contribution >= 4 is 23.2 Å². The van der Waals surface area contributed by atoms with Crippen molar-refractivity contribution in [1.82, 2.24) is 0 Å². The summed E-state index contributed by atoms with van der Waals surface area (Å²) in [6.45, 7) is 0. The number of benzene rings is 1. The number of aliphatic hydroxyl groups is 1. The topological polar surface area (TPSA) is 20.2 Å². The molecule has 0 radical (unpaired) electrons. The molecule has 1 N–H and O–H groups in total. The van der Waals surface area contributed by atoms with E-state index < -0.39 is 17.7 Å². The molecule has 2 rings (SSSR count). The number of halogens is 5. The summed E-state index contributed by atoms with van der Waals surface area (Å²) >= 11 is 11.7. The third-order valence-electron chi connectivity index (χ3n) is 3.90. The molecule has 20 heavy (non-hydrogen) atoms. The van der Waals surface area contributed by atoms with Crippen LogP contribution in [0, 0.1) is 5.92 Å². The third-order valence-corrected chi connectivity index (χ3v) is 4.64. The lowest BCUT2D eigenvalue weighted by atomic mass is 9.75. The molecule has 1 aliphatic rings. The summed E-state index contributed by atoms with van der Waals surface area (Å²) in [5.74, 6) is -1.29. The second-order valence-corrected chi connectivity index (χ2v) is 6.28. The second-order valence-electron chi connectivity index (χ2n) is 5.47. The van der Waals surface area contributed by atoms with Gasteiger partial charge in [0.1, 0.15) is 0 Å². The van der Waals surface area contributed by atoms with Crippen LogP contribution in [0.25, 0.3) is 0 Å². The van der Waals surface area contributed by atoms with Gasteiger partial charge in [0.25, 0.3) is 0 Å². The van der Waals surface area contributed by atoms with E-state index in [0.717, 1.165) is 5.56 Å². The van der Waals surface area contributed by atoms with Gasteiger partial charge in [0.05, 0.1) is 21.6 Å². The van der Waals surface area contributed by atoms with Crippen LogP contribution < -0.4 is 0 Å². The molecular formula is C14H15Cl2F3O. The van der Waals surface area contributed by atoms with Crippen molar-refractivity contribution in [3.63, 3.8) is 0 Å². The third kappa shape index (κ3) is 3.80. The highest BCUT2D eigenvalue weighted by Gasteiger charge is 2.45. The van der Waals surface area contributed by atoms with Gasteiger partial charge in [-0.3, -0.25) is 0 Å². The van der Waals surface area contributed by atoms with Gasteiger partial charge in [0.2, 0.25) is 0 Å². The second kappa shape index (κ2) is 5.74. The Hall–Kier alpha value is -0.450. The lowest BCUT2D eigenvalue weighted by molar-refractivity contribution is -0.192. The van der Waals surface area contributed by atoms with Crippen molar-refractivity contribution in [2.75, 3.05) is 0 Å². The van der Waals surface area contributed by atoms with E-state index in [2.05, 4.69) is 0 Å². The van der Waals surface area contributed by atoms with Crippen LogP contribution >= 0.6 is 23.2 Å². The average Bonchev–Trinajstić information content (AvgIpc) is 2.33. The lowest BCUT2D eigenvalue weighted by Gasteiger charge is -2.36. The zero-order valence-electron chi connectivity index (χ0n) is 10.7. The molecule has 0 saturated heterocycles. The number of rotatable bonds is 2. The van der Waals surface area contributed by atoms with Gasteiger partial charge in [-0.2, -0.15) is 13.2 Å². The molecule has 1 aliphatic carbocycles. The van der Waals surface area contributed by atoms with Crippen molar-refractivity contribution in [3.05, 3.63) is 33.8 Å². The van der Waals surface area contributed by atoms with Crippen molar-refractivity contribution in [2.45, 2.75) is 43.9 Å². The molecule has 0 unspecified atom stereocenters. The van der Waals surface area contributed by atoms with E-state index in [1.54, 1.807) is 18.2 Å². The van der Waals surface area contributed by atoms with E-state index in [9.17, 15) is 18.3 Å². The summed E-state index contributed by atoms with van der Waals surface area (Å²) < 4.78 is 37.8. The van der Waals surface area contributed by atoms with Gasteiger partial charge < -0.3 is 5.11 Å². The first kappa shape index (κ1) is 15.9. The van der Waals surface area contributed by atoms with Gasteiger partial charge in [0.15, 0.2) is 0 Å². The Labute approximate surface area is 125 Å². The number of hydrogen-bond donors (Lipinski definition) is 1. The maximum Gasteiger partial charge on any atom is 0.391 e. The Bertz CT molecular complexity index is 480. The Morgan fingerprint density at radius 3 is 2.25 bits per heavy atom. The fourth-order valence-electron chi connectivity index (χ4n) is 2.69. The van der Waals surface area contributed by atoms with Crippen LogP contribution in [0.2, 0.25) is 10.0 Å². The lowest BCUT2D eigenvalue weighted by Crippen LogP contribution is -2.39. The van der Waals surface area contributed by atoms with E-state index in [-0.39, 0.29) is 25.7 Å². The standard InChI is InChI=1S/C14H15Cl2F3O/c15-11-2-1-9(7-12(11)16)8-13(20)5-3-10(4-6-13)14(17,18)19/h1-2,7,10,20H,3-6,8H2. The predicted molar refractivity (Wildman–Crippen MR) is 73.1 cm³/mol. The van der Waals surface area contributed by atoms with E-state index >= 15 is 0 Å². The first-order chi connectivity index (χ1) is 9.20. The summed E-state index contributed by atoms with van der Waals surface area (Å²) in [6, 6.07) is 5.02. The van der Waals surface area contributed by atoms with Crippen LogP contribution in [-0.2, 0) is 6.42 Å². The summed E-state index contributed by atoms with van der Waals surface area (Å²) in [4.78, 5) is 0. The molecular weight excluding hydrogens is 312 g/mol. The van der Waals surface area contributed by atoms with Crippen molar-refractivity contribution < 1.29 is 18.3 Å². The monoisotopic (exact) mass is 326 g/mol. The van der Waals surface area contributed by atoms with Gasteiger partial charge >= 0.3 is 6.18 Å². The Balaban J connectivity index is 2.01. The van der Waals surface area contributed by atoms with Crippen molar-refractivity contribution in [2.24, 2.45) is 5.92 Å². The van der Waals surface area contributed by atoms with E-state index in [1.807, 2.05) is 0 Å². The van der Waals surface area contributed by atoms with Crippen molar-refractivity contribution in [1.29, 1.82) is 0 Å². The fraction of sp³-hybridized carbons (Fsp3) is 0.571. The minimum absolute atomic E-state index is 0.0265. The van der Waals surface area contributed by atoms with Gasteiger partial charge in [-0.25, -0.2) is 0 Å². The molecule has 0 amide bonds. The molecule has 0 spiro atoms. The Morgan fingerprint density at radius 1 is 1.15 bits per heavy atom. The van der Waals surface area contributed by atoms with E-state index in [4.69, 9.17) is 23.2 Å². The number of hydrogen-bond acceptors (Lipinski definition) is 1. The molecule has 0 heterocycles. The first-order valence-electron chi connectivity index (χ1n) is 6.43. The van der Waals surface area contributed by atoms with Crippen LogP contribution in [0.3, 0.4) is 0 Å². The molecule has 1 aromatic carbocycles. The summed E-state index contributed by atoms with van der Waals surface area (Å²) in [6.07, 6.45) is -3.61. The van der Waals surface area contributed by atoms with Gasteiger partial charge in [0, 0.05) is 6.42 Å². The van der Waals surface area contributed by atoms with Crippen LogP contribution in [0.4, 0.5) is 13.2 Å². The van der Waals surface area contributed by atoms with Crippen molar-refractivity contribution in [3.8, 4) is 0 Å². The maximum absolute atomic E-state index is 12.6. The highest BCUT2D eigenvalue weighted by Crippen LogP contribution is 2.42. The Morgan fingerprint density at radius 2 is 1.75 bits per heavy atom. The predicted octanol–water partition coefficient (Wildman–Crippen LogP) is 5.02. The molecule has 1 aromatic rings. The molecule has 0 aromatic heterocycles. The minimum Gasteiger partial charge on any atom is -0.390 e. The Kier molecular flexibility index (Phi) is 4.57. The zero-order valence-corrected chi connectivity index (χ0v) is 12.2. The fourth-order valence-corrected chi connectivity index (χ4v) is 3.01. The summed E-state index contributed by atoms with van der Waals surface area (Å²) in [7, 11) is 0. The quantitative estimate of drug-likeness (QED) is 0.809. The van der Waals surface area contributed by atoms with Crippen LogP contribution in [0.15, 0.2) is 18.2 Å². The molecule has 1 saturated carbocycles. The van der Waals surface area contributed by atoms with Crippen LogP contribution in [-0.4, -0.2) is 16.9 Å². The number of alkyl halides is 3. The first-order valence-corrected chi connectivity index (χ1v) is 7.18. The van der Waals surface area contributed by atoms with E-state index in [0.29, 0.717) is 16.5 Å². The maximum atomic E-state index is 12.6. The molecule has 6 heteroatoms.